The number of carbonyl (C=O) groups is 4. The number of thiophene rings is 1. The van der Waals surface area contributed by atoms with Gasteiger partial charge in [0.2, 0.25) is 17.7 Å². The van der Waals surface area contributed by atoms with Crippen molar-refractivity contribution in [2.45, 2.75) is 81.3 Å². The standard InChI is InChI=1S/C33H41N5O5S/c34-32(15-7-2-8-16-32)29(40)36-20-19-35-28(39)25(21-23-11-3-1-4-12-23)37-30(41)33(17-9-10-18-33)38-31(42)43-27-22-24-13-5-6-14-26(24)44-27/h1,3-6,11-14,22,25H,2,7-10,15-21,34H2,(H,35,39)(H,36,40)(H,37,41)(H,38,42)/t25-/m1/s1. The minimum atomic E-state index is -1.19. The van der Waals surface area contributed by atoms with E-state index in [0.29, 0.717) is 30.7 Å². The number of nitrogens with one attached hydrogen (secondary N) is 4. The van der Waals surface area contributed by atoms with E-state index in [1.807, 2.05) is 54.6 Å². The highest BCUT2D eigenvalue weighted by Gasteiger charge is 2.44. The van der Waals surface area contributed by atoms with E-state index in [2.05, 4.69) is 21.3 Å². The molecular formula is C33H41N5O5S. The third-order valence-electron chi connectivity index (χ3n) is 8.64. The van der Waals surface area contributed by atoms with Crippen LogP contribution < -0.4 is 31.7 Å². The van der Waals surface area contributed by atoms with Crippen molar-refractivity contribution in [1.82, 2.24) is 21.3 Å². The molecule has 2 aliphatic rings. The van der Waals surface area contributed by atoms with Gasteiger partial charge in [-0.3, -0.25) is 14.4 Å². The Balaban J connectivity index is 1.21. The first-order valence-electron chi connectivity index (χ1n) is 15.4. The third kappa shape index (κ3) is 7.75. The molecule has 6 N–H and O–H groups in total. The highest BCUT2D eigenvalue weighted by atomic mass is 32.1. The van der Waals surface area contributed by atoms with Crippen LogP contribution in [0.15, 0.2) is 60.7 Å². The molecule has 0 aliphatic heterocycles. The summed E-state index contributed by atoms with van der Waals surface area (Å²) in [4.78, 5) is 52.9. The van der Waals surface area contributed by atoms with Crippen LogP contribution >= 0.6 is 11.3 Å². The van der Waals surface area contributed by atoms with Gasteiger partial charge in [-0.2, -0.15) is 0 Å². The fraction of sp³-hybridized carbons (Fsp3) is 0.455. The summed E-state index contributed by atoms with van der Waals surface area (Å²) in [6, 6.07) is 18.1. The Morgan fingerprint density at radius 3 is 2.20 bits per heavy atom. The van der Waals surface area contributed by atoms with E-state index >= 15 is 0 Å². The van der Waals surface area contributed by atoms with Crippen molar-refractivity contribution >= 4 is 45.2 Å². The predicted molar refractivity (Wildman–Crippen MR) is 170 cm³/mol. The first-order valence-corrected chi connectivity index (χ1v) is 16.3. The quantitative estimate of drug-likeness (QED) is 0.205. The Kier molecular flexibility index (Phi) is 10.2. The maximum Gasteiger partial charge on any atom is 0.414 e. The summed E-state index contributed by atoms with van der Waals surface area (Å²) in [6.07, 6.45) is 6.21. The third-order valence-corrected chi connectivity index (χ3v) is 9.64. The number of hydrogen-bond acceptors (Lipinski definition) is 7. The maximum atomic E-state index is 13.8. The molecule has 10 nitrogen and oxygen atoms in total. The number of amides is 4. The van der Waals surface area contributed by atoms with Gasteiger partial charge in [0.1, 0.15) is 11.6 Å². The van der Waals surface area contributed by atoms with Crippen LogP contribution in [-0.4, -0.2) is 54.0 Å². The Morgan fingerprint density at radius 2 is 1.48 bits per heavy atom. The molecule has 234 valence electrons. The molecule has 0 saturated heterocycles. The maximum absolute atomic E-state index is 13.8. The molecule has 5 rings (SSSR count). The molecule has 4 amide bonds. The van der Waals surface area contributed by atoms with Crippen LogP contribution in [0.4, 0.5) is 4.79 Å². The van der Waals surface area contributed by atoms with Gasteiger partial charge in [-0.15, -0.1) is 0 Å². The SMILES string of the molecule is NC1(C(=O)NCCNC(=O)[C@@H](Cc2ccccc2)NC(=O)C2(NC(=O)Oc3cc4ccccc4s3)CCCC2)CCCCC1. The van der Waals surface area contributed by atoms with E-state index < -0.39 is 29.1 Å². The van der Waals surface area contributed by atoms with Gasteiger partial charge in [0, 0.05) is 30.3 Å². The van der Waals surface area contributed by atoms with E-state index in [1.54, 1.807) is 6.07 Å². The Morgan fingerprint density at radius 1 is 0.818 bits per heavy atom. The van der Waals surface area contributed by atoms with E-state index in [9.17, 15) is 19.2 Å². The van der Waals surface area contributed by atoms with Crippen molar-refractivity contribution < 1.29 is 23.9 Å². The molecule has 2 saturated carbocycles. The van der Waals surface area contributed by atoms with Gasteiger partial charge in [0.15, 0.2) is 5.06 Å². The number of ether oxygens (including phenoxy) is 1. The lowest BCUT2D eigenvalue weighted by molar-refractivity contribution is -0.132. The number of nitrogens with two attached hydrogens (primary N) is 1. The van der Waals surface area contributed by atoms with E-state index in [4.69, 9.17) is 10.5 Å². The van der Waals surface area contributed by atoms with E-state index in [-0.39, 0.29) is 31.3 Å². The highest BCUT2D eigenvalue weighted by Crippen LogP contribution is 2.33. The summed E-state index contributed by atoms with van der Waals surface area (Å²) in [6.45, 7) is 0.414. The molecule has 1 heterocycles. The summed E-state index contributed by atoms with van der Waals surface area (Å²) in [5.74, 6) is -0.995. The largest absolute Gasteiger partial charge is 0.414 e. The molecule has 2 fully saturated rings. The Bertz CT molecular complexity index is 1430. The molecule has 0 unspecified atom stereocenters. The van der Waals surface area contributed by atoms with Crippen LogP contribution in [0.25, 0.3) is 10.1 Å². The van der Waals surface area contributed by atoms with Crippen molar-refractivity contribution in [2.75, 3.05) is 13.1 Å². The van der Waals surface area contributed by atoms with Crippen molar-refractivity contribution in [2.24, 2.45) is 5.73 Å². The Hall–Kier alpha value is -3.96. The molecule has 0 bridgehead atoms. The van der Waals surface area contributed by atoms with Crippen LogP contribution in [0, 0.1) is 0 Å². The van der Waals surface area contributed by atoms with Crippen molar-refractivity contribution in [1.29, 1.82) is 0 Å². The van der Waals surface area contributed by atoms with Gasteiger partial charge in [-0.25, -0.2) is 4.79 Å². The van der Waals surface area contributed by atoms with Crippen molar-refractivity contribution in [3.8, 4) is 5.06 Å². The molecule has 3 aromatic rings. The summed E-state index contributed by atoms with van der Waals surface area (Å²) >= 11 is 1.36. The first kappa shape index (κ1) is 31.5. The molecular weight excluding hydrogens is 578 g/mol. The van der Waals surface area contributed by atoms with Crippen LogP contribution in [0.3, 0.4) is 0 Å². The number of hydrogen-bond donors (Lipinski definition) is 5. The summed E-state index contributed by atoms with van der Waals surface area (Å²) in [7, 11) is 0. The fourth-order valence-electron chi connectivity index (χ4n) is 6.13. The van der Waals surface area contributed by atoms with Crippen LogP contribution in [-0.2, 0) is 20.8 Å². The number of benzene rings is 2. The average Bonchev–Trinajstić information content (AvgIpc) is 3.67. The molecule has 1 atom stereocenters. The molecule has 2 aromatic carbocycles. The lowest BCUT2D eigenvalue weighted by Crippen LogP contribution is -2.61. The molecule has 11 heteroatoms. The molecule has 2 aliphatic carbocycles. The van der Waals surface area contributed by atoms with Gasteiger partial charge in [0.05, 0.1) is 5.54 Å². The highest BCUT2D eigenvalue weighted by molar-refractivity contribution is 7.20. The zero-order chi connectivity index (χ0) is 31.0. The van der Waals surface area contributed by atoms with Gasteiger partial charge < -0.3 is 31.7 Å². The van der Waals surface area contributed by atoms with Crippen molar-refractivity contribution in [3.63, 3.8) is 0 Å². The second-order valence-electron chi connectivity index (χ2n) is 11.9. The zero-order valence-electron chi connectivity index (χ0n) is 24.9. The van der Waals surface area contributed by atoms with Crippen LogP contribution in [0.2, 0.25) is 0 Å². The normalized spacial score (nSPS) is 17.8. The number of carbonyl (C=O) groups excluding carboxylic acids is 4. The number of fused-ring (bicyclic) bond motifs is 1. The smallest absolute Gasteiger partial charge is 0.399 e. The molecule has 0 radical (unpaired) electrons. The lowest BCUT2D eigenvalue weighted by atomic mass is 9.82. The van der Waals surface area contributed by atoms with Crippen molar-refractivity contribution in [3.05, 3.63) is 66.2 Å². The minimum Gasteiger partial charge on any atom is -0.399 e. The lowest BCUT2D eigenvalue weighted by Gasteiger charge is -2.32. The monoisotopic (exact) mass is 619 g/mol. The van der Waals surface area contributed by atoms with Crippen LogP contribution in [0.5, 0.6) is 5.06 Å². The van der Waals surface area contributed by atoms with E-state index in [0.717, 1.165) is 47.8 Å². The van der Waals surface area contributed by atoms with Gasteiger partial charge >= 0.3 is 6.09 Å². The summed E-state index contributed by atoms with van der Waals surface area (Å²) < 4.78 is 6.58. The minimum absolute atomic E-state index is 0.187. The summed E-state index contributed by atoms with van der Waals surface area (Å²) in [5, 5.41) is 12.9. The summed E-state index contributed by atoms with van der Waals surface area (Å²) in [5.41, 5.74) is 5.15. The van der Waals surface area contributed by atoms with Gasteiger partial charge in [-0.1, -0.05) is 92.0 Å². The van der Waals surface area contributed by atoms with Gasteiger partial charge in [0.25, 0.3) is 0 Å². The van der Waals surface area contributed by atoms with E-state index in [1.165, 1.54) is 11.3 Å². The topological polar surface area (TPSA) is 152 Å². The second kappa shape index (κ2) is 14.2. The molecule has 44 heavy (non-hydrogen) atoms. The second-order valence-corrected chi connectivity index (χ2v) is 12.9. The zero-order valence-corrected chi connectivity index (χ0v) is 25.7. The molecule has 1 aromatic heterocycles. The van der Waals surface area contributed by atoms with Crippen LogP contribution in [0.1, 0.15) is 63.4 Å². The van der Waals surface area contributed by atoms with Gasteiger partial charge in [-0.05, 0) is 42.7 Å². The number of rotatable bonds is 11. The first-order chi connectivity index (χ1) is 21.3. The average molecular weight is 620 g/mol. The molecule has 0 spiro atoms. The predicted octanol–water partition coefficient (Wildman–Crippen LogP) is 3.92. The Labute approximate surface area is 261 Å². The fourth-order valence-corrected chi connectivity index (χ4v) is 7.05.